The van der Waals surface area contributed by atoms with Gasteiger partial charge in [-0.15, -0.1) is 11.8 Å². The van der Waals surface area contributed by atoms with E-state index in [4.69, 9.17) is 0 Å². The summed E-state index contributed by atoms with van der Waals surface area (Å²) in [7, 11) is -3.30. The summed E-state index contributed by atoms with van der Waals surface area (Å²) in [6, 6.07) is 13.9. The van der Waals surface area contributed by atoms with Crippen molar-refractivity contribution in [3.8, 4) is 0 Å². The Hall–Kier alpha value is -2.19. The maximum absolute atomic E-state index is 12.4. The molecule has 0 fully saturated rings. The number of benzene rings is 2. The van der Waals surface area contributed by atoms with E-state index >= 15 is 0 Å². The molecule has 8 heteroatoms. The fourth-order valence-corrected chi connectivity index (χ4v) is 3.27. The Morgan fingerprint density at radius 3 is 2.24 bits per heavy atom. The van der Waals surface area contributed by atoms with E-state index in [-0.39, 0.29) is 5.91 Å². The topological polar surface area (TPSA) is 87.3 Å². The first-order chi connectivity index (χ1) is 11.8. The van der Waals surface area contributed by atoms with Gasteiger partial charge in [0, 0.05) is 16.3 Å². The zero-order valence-corrected chi connectivity index (χ0v) is 15.9. The van der Waals surface area contributed by atoms with E-state index in [0.29, 0.717) is 5.69 Å². The summed E-state index contributed by atoms with van der Waals surface area (Å²) in [6.07, 6.45) is 3.05. The number of carbonyl (C=O) groups excluding carboxylic acids is 1. The molecule has 6 nitrogen and oxygen atoms in total. The maximum atomic E-state index is 12.4. The first-order valence-electron chi connectivity index (χ1n) is 7.57. The van der Waals surface area contributed by atoms with Crippen molar-refractivity contribution in [2.75, 3.05) is 27.9 Å². The van der Waals surface area contributed by atoms with Crippen LogP contribution in [0.4, 0.5) is 17.1 Å². The van der Waals surface area contributed by atoms with Crippen LogP contribution in [0.25, 0.3) is 0 Å². The zero-order valence-electron chi connectivity index (χ0n) is 14.2. The van der Waals surface area contributed by atoms with E-state index in [1.165, 1.54) is 0 Å². The molecular weight excluding hydrogens is 358 g/mol. The lowest BCUT2D eigenvalue weighted by atomic mass is 10.2. The molecule has 0 unspecified atom stereocenters. The van der Waals surface area contributed by atoms with Crippen molar-refractivity contribution in [2.45, 2.75) is 17.9 Å². The van der Waals surface area contributed by atoms with Crippen molar-refractivity contribution in [2.24, 2.45) is 0 Å². The van der Waals surface area contributed by atoms with E-state index in [9.17, 15) is 13.2 Å². The number of thioether (sulfide) groups is 1. The summed E-state index contributed by atoms with van der Waals surface area (Å²) in [5.41, 5.74) is 1.97. The fourth-order valence-electron chi connectivity index (χ4n) is 2.15. The van der Waals surface area contributed by atoms with E-state index in [0.717, 1.165) is 22.5 Å². The quantitative estimate of drug-likeness (QED) is 0.643. The normalized spacial score (nSPS) is 12.3. The molecular formula is C17H21N3O3S2. The highest BCUT2D eigenvalue weighted by Crippen LogP contribution is 2.25. The van der Waals surface area contributed by atoms with Gasteiger partial charge in [-0.2, -0.15) is 0 Å². The summed E-state index contributed by atoms with van der Waals surface area (Å²) in [5, 5.41) is 6.00. The largest absolute Gasteiger partial charge is 0.374 e. The Morgan fingerprint density at radius 2 is 1.64 bits per heavy atom. The van der Waals surface area contributed by atoms with Crippen LogP contribution in [-0.4, -0.2) is 32.9 Å². The highest BCUT2D eigenvalue weighted by Gasteiger charge is 2.14. The molecule has 25 heavy (non-hydrogen) atoms. The average Bonchev–Trinajstić information content (AvgIpc) is 2.55. The summed E-state index contributed by atoms with van der Waals surface area (Å²) < 4.78 is 24.8. The number of anilines is 3. The van der Waals surface area contributed by atoms with Gasteiger partial charge in [0.25, 0.3) is 0 Å². The number of hydrogen-bond acceptors (Lipinski definition) is 5. The number of nitrogens with one attached hydrogen (secondary N) is 3. The molecule has 0 radical (unpaired) electrons. The molecule has 2 aromatic rings. The SMILES string of the molecule is CSc1ccccc1NC(=O)[C@H](C)Nc1ccc(NS(C)(=O)=O)cc1. The van der Waals surface area contributed by atoms with Crippen molar-refractivity contribution in [3.63, 3.8) is 0 Å². The first-order valence-corrected chi connectivity index (χ1v) is 10.7. The lowest BCUT2D eigenvalue weighted by molar-refractivity contribution is -0.116. The van der Waals surface area contributed by atoms with Crippen LogP contribution in [-0.2, 0) is 14.8 Å². The van der Waals surface area contributed by atoms with Gasteiger partial charge >= 0.3 is 0 Å². The lowest BCUT2D eigenvalue weighted by Gasteiger charge is -2.17. The number of rotatable bonds is 7. The van der Waals surface area contributed by atoms with Crippen LogP contribution >= 0.6 is 11.8 Å². The number of amides is 1. The van der Waals surface area contributed by atoms with Crippen LogP contribution in [0.1, 0.15) is 6.92 Å². The third-order valence-electron chi connectivity index (χ3n) is 3.33. The molecule has 0 saturated heterocycles. The van der Waals surface area contributed by atoms with Gasteiger partial charge in [0.2, 0.25) is 15.9 Å². The van der Waals surface area contributed by atoms with E-state index < -0.39 is 16.1 Å². The highest BCUT2D eigenvalue weighted by molar-refractivity contribution is 7.98. The van der Waals surface area contributed by atoms with Gasteiger partial charge in [-0.05, 0) is 49.6 Å². The molecule has 0 aliphatic carbocycles. The second kappa shape index (κ2) is 8.26. The molecule has 0 aliphatic heterocycles. The number of carbonyl (C=O) groups is 1. The van der Waals surface area contributed by atoms with Gasteiger partial charge in [0.15, 0.2) is 0 Å². The highest BCUT2D eigenvalue weighted by atomic mass is 32.2. The number of hydrogen-bond donors (Lipinski definition) is 3. The average molecular weight is 380 g/mol. The van der Waals surface area contributed by atoms with Crippen LogP contribution in [0.2, 0.25) is 0 Å². The molecule has 0 saturated carbocycles. The minimum atomic E-state index is -3.30. The third kappa shape index (κ3) is 5.99. The molecule has 2 rings (SSSR count). The van der Waals surface area contributed by atoms with Gasteiger partial charge in [-0.3, -0.25) is 9.52 Å². The molecule has 0 bridgehead atoms. The Balaban J connectivity index is 1.99. The molecule has 0 heterocycles. The van der Waals surface area contributed by atoms with Crippen LogP contribution < -0.4 is 15.4 Å². The molecule has 0 aromatic heterocycles. The smallest absolute Gasteiger partial charge is 0.246 e. The maximum Gasteiger partial charge on any atom is 0.246 e. The number of sulfonamides is 1. The standard InChI is InChI=1S/C17H21N3O3S2/c1-12(17(21)19-15-6-4-5-7-16(15)24-2)18-13-8-10-14(11-9-13)20-25(3,22)23/h4-12,18,20H,1-3H3,(H,19,21)/t12-/m0/s1. The van der Waals surface area contributed by atoms with Gasteiger partial charge < -0.3 is 10.6 Å². The molecule has 0 aliphatic rings. The second-order valence-electron chi connectivity index (χ2n) is 5.51. The molecule has 1 atom stereocenters. The van der Waals surface area contributed by atoms with E-state index in [1.807, 2.05) is 30.5 Å². The lowest BCUT2D eigenvalue weighted by Crippen LogP contribution is -2.32. The Morgan fingerprint density at radius 1 is 1.04 bits per heavy atom. The zero-order chi connectivity index (χ0) is 18.4. The number of para-hydroxylation sites is 1. The third-order valence-corrected chi connectivity index (χ3v) is 4.73. The first kappa shape index (κ1) is 19.1. The van der Waals surface area contributed by atoms with Gasteiger partial charge in [-0.1, -0.05) is 12.1 Å². The minimum absolute atomic E-state index is 0.153. The van der Waals surface area contributed by atoms with E-state index in [2.05, 4.69) is 15.4 Å². The summed E-state index contributed by atoms with van der Waals surface area (Å²) in [4.78, 5) is 13.4. The van der Waals surface area contributed by atoms with Gasteiger partial charge in [-0.25, -0.2) is 8.42 Å². The molecule has 1 amide bonds. The van der Waals surface area contributed by atoms with Crippen LogP contribution in [0.3, 0.4) is 0 Å². The van der Waals surface area contributed by atoms with E-state index in [1.54, 1.807) is 43.0 Å². The van der Waals surface area contributed by atoms with Crippen LogP contribution in [0.5, 0.6) is 0 Å². The fraction of sp³-hybridized carbons (Fsp3) is 0.235. The molecule has 134 valence electrons. The van der Waals surface area contributed by atoms with Crippen molar-refractivity contribution in [1.82, 2.24) is 0 Å². The summed E-state index contributed by atoms with van der Waals surface area (Å²) in [6.45, 7) is 1.76. The van der Waals surface area contributed by atoms with Crippen LogP contribution in [0, 0.1) is 0 Å². The molecule has 0 spiro atoms. The Kier molecular flexibility index (Phi) is 6.33. The molecule has 3 N–H and O–H groups in total. The monoisotopic (exact) mass is 379 g/mol. The minimum Gasteiger partial charge on any atom is -0.374 e. The van der Waals surface area contributed by atoms with Gasteiger partial charge in [0.05, 0.1) is 11.9 Å². The Bertz CT molecular complexity index is 836. The van der Waals surface area contributed by atoms with Crippen molar-refractivity contribution < 1.29 is 13.2 Å². The summed E-state index contributed by atoms with van der Waals surface area (Å²) in [5.74, 6) is -0.153. The predicted octanol–water partition coefficient (Wildman–Crippen LogP) is 3.22. The molecule has 2 aromatic carbocycles. The van der Waals surface area contributed by atoms with Crippen molar-refractivity contribution in [3.05, 3.63) is 48.5 Å². The van der Waals surface area contributed by atoms with Crippen molar-refractivity contribution in [1.29, 1.82) is 0 Å². The van der Waals surface area contributed by atoms with Crippen LogP contribution in [0.15, 0.2) is 53.4 Å². The Labute approximate surface area is 152 Å². The van der Waals surface area contributed by atoms with Crippen molar-refractivity contribution >= 4 is 44.8 Å². The second-order valence-corrected chi connectivity index (χ2v) is 8.10. The predicted molar refractivity (Wildman–Crippen MR) is 105 cm³/mol. The summed E-state index contributed by atoms with van der Waals surface area (Å²) >= 11 is 1.57. The van der Waals surface area contributed by atoms with Gasteiger partial charge in [0.1, 0.15) is 6.04 Å².